The predicted molar refractivity (Wildman–Crippen MR) is 123 cm³/mol. The van der Waals surface area contributed by atoms with Crippen LogP contribution >= 0.6 is 0 Å². The summed E-state index contributed by atoms with van der Waals surface area (Å²) in [7, 11) is 0. The van der Waals surface area contributed by atoms with Crippen LogP contribution in [0.3, 0.4) is 0 Å². The highest BCUT2D eigenvalue weighted by Crippen LogP contribution is 2.56. The van der Waals surface area contributed by atoms with Crippen LogP contribution in [-0.4, -0.2) is 56.1 Å². The number of pyridine rings is 1. The van der Waals surface area contributed by atoms with Crippen molar-refractivity contribution >= 4 is 5.91 Å². The number of halogens is 3. The first kappa shape index (κ1) is 23.0. The molecule has 0 aromatic carbocycles. The van der Waals surface area contributed by atoms with E-state index in [9.17, 15) is 18.0 Å². The predicted octanol–water partition coefficient (Wildman–Crippen LogP) is 4.47. The molecule has 3 atom stereocenters. The first-order valence-corrected chi connectivity index (χ1v) is 12.9. The summed E-state index contributed by atoms with van der Waals surface area (Å²) in [6.07, 6.45) is 8.01. The van der Waals surface area contributed by atoms with E-state index in [4.69, 9.17) is 0 Å². The zero-order chi connectivity index (χ0) is 24.2. The smallest absolute Gasteiger partial charge is 0.337 e. The Bertz CT molecular complexity index is 1080. The van der Waals surface area contributed by atoms with Gasteiger partial charge >= 0.3 is 6.18 Å². The molecule has 188 valence electrons. The van der Waals surface area contributed by atoms with E-state index in [2.05, 4.69) is 19.7 Å². The van der Waals surface area contributed by atoms with E-state index >= 15 is 0 Å². The van der Waals surface area contributed by atoms with Crippen LogP contribution in [0.25, 0.3) is 0 Å². The van der Waals surface area contributed by atoms with Crippen LogP contribution in [0.4, 0.5) is 13.2 Å². The van der Waals surface area contributed by atoms with E-state index in [0.717, 1.165) is 64.2 Å². The van der Waals surface area contributed by atoms with Gasteiger partial charge in [-0.25, -0.2) is 0 Å². The molecule has 4 aliphatic rings. The van der Waals surface area contributed by atoms with E-state index in [1.54, 1.807) is 0 Å². The molecule has 6 nitrogen and oxygen atoms in total. The summed E-state index contributed by atoms with van der Waals surface area (Å²) in [6, 6.07) is 4.02. The zero-order valence-corrected chi connectivity index (χ0v) is 19.9. The van der Waals surface area contributed by atoms with Crippen molar-refractivity contribution < 1.29 is 18.0 Å². The standard InChI is InChI=1S/C26H32F3N5O/c27-26(28,29)20-13-18-17-33(12-6-23(18)30-16-20)24(35)25-7-1-3-19(25)14-22(15-25)32-10-4-21(5-11-32)34-9-2-8-31-34/h2,8-9,13,16,19,21-22H,1,3-7,10-12,14-15,17H2/t19-,22+,25-/m1/s1. The van der Waals surface area contributed by atoms with Gasteiger partial charge in [0.1, 0.15) is 0 Å². The molecule has 3 fully saturated rings. The van der Waals surface area contributed by atoms with E-state index in [1.165, 1.54) is 6.07 Å². The summed E-state index contributed by atoms with van der Waals surface area (Å²) >= 11 is 0. The Morgan fingerprint density at radius 1 is 1.11 bits per heavy atom. The van der Waals surface area contributed by atoms with E-state index < -0.39 is 11.7 Å². The van der Waals surface area contributed by atoms with Crippen molar-refractivity contribution in [2.45, 2.75) is 76.2 Å². The van der Waals surface area contributed by atoms with Crippen molar-refractivity contribution in [1.82, 2.24) is 24.6 Å². The zero-order valence-electron chi connectivity index (χ0n) is 19.9. The maximum Gasteiger partial charge on any atom is 0.417 e. The second kappa shape index (κ2) is 8.61. The van der Waals surface area contributed by atoms with Crippen LogP contribution < -0.4 is 0 Å². The number of hydrogen-bond donors (Lipinski definition) is 0. The van der Waals surface area contributed by atoms with Crippen molar-refractivity contribution in [1.29, 1.82) is 0 Å². The highest BCUT2D eigenvalue weighted by atomic mass is 19.4. The normalized spacial score (nSPS) is 29.9. The summed E-state index contributed by atoms with van der Waals surface area (Å²) in [5.41, 5.74) is 0.144. The molecule has 0 unspecified atom stereocenters. The molecular weight excluding hydrogens is 455 g/mol. The number of aromatic nitrogens is 3. The quantitative estimate of drug-likeness (QED) is 0.641. The minimum Gasteiger partial charge on any atom is -0.337 e. The average Bonchev–Trinajstić information content (AvgIpc) is 3.59. The van der Waals surface area contributed by atoms with Crippen molar-refractivity contribution in [2.75, 3.05) is 19.6 Å². The summed E-state index contributed by atoms with van der Waals surface area (Å²) in [5, 5.41) is 4.41. The first-order valence-electron chi connectivity index (χ1n) is 12.9. The van der Waals surface area contributed by atoms with Gasteiger partial charge in [0.25, 0.3) is 0 Å². The molecule has 2 saturated carbocycles. The van der Waals surface area contributed by atoms with Gasteiger partial charge in [-0.3, -0.25) is 14.5 Å². The molecule has 2 aliphatic heterocycles. The number of carbonyl (C=O) groups excluding carboxylic acids is 1. The first-order chi connectivity index (χ1) is 16.8. The van der Waals surface area contributed by atoms with Crippen LogP contribution in [0.1, 0.15) is 67.8 Å². The summed E-state index contributed by atoms with van der Waals surface area (Å²) < 4.78 is 41.8. The Morgan fingerprint density at radius 3 is 2.69 bits per heavy atom. The Labute approximate surface area is 203 Å². The molecule has 2 aliphatic carbocycles. The lowest BCUT2D eigenvalue weighted by atomic mass is 9.78. The minimum atomic E-state index is -4.42. The highest BCUT2D eigenvalue weighted by molar-refractivity contribution is 5.84. The Morgan fingerprint density at radius 2 is 1.94 bits per heavy atom. The maximum absolute atomic E-state index is 14.0. The number of piperidine rings is 1. The molecule has 0 spiro atoms. The lowest BCUT2D eigenvalue weighted by Crippen LogP contribution is -2.47. The molecule has 0 N–H and O–H groups in total. The van der Waals surface area contributed by atoms with Gasteiger partial charge in [0.15, 0.2) is 0 Å². The fourth-order valence-electron chi connectivity index (χ4n) is 7.32. The number of likely N-dealkylation sites (tertiary alicyclic amines) is 1. The number of nitrogens with zero attached hydrogens (tertiary/aromatic N) is 5. The molecule has 6 rings (SSSR count). The average molecular weight is 488 g/mol. The Kier molecular flexibility index (Phi) is 5.66. The second-order valence-corrected chi connectivity index (χ2v) is 10.9. The maximum atomic E-state index is 14.0. The largest absolute Gasteiger partial charge is 0.417 e. The number of carbonyl (C=O) groups is 1. The minimum absolute atomic E-state index is 0.164. The SMILES string of the molecule is O=C(N1CCc2ncc(C(F)(F)F)cc2C1)[C@@]12CCC[C@@H]1C[C@H](N1CCC(n3cccn3)CC1)C2. The fourth-order valence-corrected chi connectivity index (χ4v) is 7.32. The van der Waals surface area contributed by atoms with Crippen molar-refractivity contribution in [3.05, 3.63) is 47.5 Å². The number of fused-ring (bicyclic) bond motifs is 2. The van der Waals surface area contributed by atoms with Gasteiger partial charge in [0, 0.05) is 62.9 Å². The van der Waals surface area contributed by atoms with Crippen LogP contribution in [0.2, 0.25) is 0 Å². The van der Waals surface area contributed by atoms with E-state index in [-0.39, 0.29) is 17.9 Å². The van der Waals surface area contributed by atoms with E-state index in [0.29, 0.717) is 42.2 Å². The van der Waals surface area contributed by atoms with E-state index in [1.807, 2.05) is 23.4 Å². The fraction of sp³-hybridized carbons (Fsp3) is 0.654. The van der Waals surface area contributed by atoms with Gasteiger partial charge < -0.3 is 9.80 Å². The second-order valence-electron chi connectivity index (χ2n) is 10.9. The number of amides is 1. The Hall–Kier alpha value is -2.42. The number of alkyl halides is 3. The molecule has 0 radical (unpaired) electrons. The van der Waals surface area contributed by atoms with Crippen LogP contribution in [0.5, 0.6) is 0 Å². The van der Waals surface area contributed by atoms with Gasteiger partial charge in [0.2, 0.25) is 5.91 Å². The summed E-state index contributed by atoms with van der Waals surface area (Å²) in [6.45, 7) is 2.82. The molecule has 2 aromatic heterocycles. The topological polar surface area (TPSA) is 54.3 Å². The van der Waals surface area contributed by atoms with Gasteiger partial charge in [-0.2, -0.15) is 18.3 Å². The van der Waals surface area contributed by atoms with Gasteiger partial charge in [0.05, 0.1) is 17.0 Å². The molecule has 9 heteroatoms. The third kappa shape index (κ3) is 4.05. The number of rotatable bonds is 3. The van der Waals surface area contributed by atoms with Crippen LogP contribution in [0.15, 0.2) is 30.7 Å². The summed E-state index contributed by atoms with van der Waals surface area (Å²) in [4.78, 5) is 22.5. The van der Waals surface area contributed by atoms with Gasteiger partial charge in [-0.1, -0.05) is 6.42 Å². The third-order valence-corrected chi connectivity index (χ3v) is 9.11. The van der Waals surface area contributed by atoms with Crippen LogP contribution in [0, 0.1) is 11.3 Å². The monoisotopic (exact) mass is 487 g/mol. The molecule has 35 heavy (non-hydrogen) atoms. The molecule has 1 amide bonds. The lowest BCUT2D eigenvalue weighted by molar-refractivity contribution is -0.144. The van der Waals surface area contributed by atoms with Gasteiger partial charge in [-0.05, 0) is 62.1 Å². The molecule has 2 aromatic rings. The highest BCUT2D eigenvalue weighted by Gasteiger charge is 2.57. The van der Waals surface area contributed by atoms with Gasteiger partial charge in [-0.15, -0.1) is 0 Å². The van der Waals surface area contributed by atoms with Crippen LogP contribution in [-0.2, 0) is 23.9 Å². The molecule has 4 heterocycles. The lowest BCUT2D eigenvalue weighted by Gasteiger charge is -2.39. The summed E-state index contributed by atoms with van der Waals surface area (Å²) in [5.74, 6) is 0.543. The van der Waals surface area contributed by atoms with Crippen molar-refractivity contribution in [3.8, 4) is 0 Å². The molecule has 0 bridgehead atoms. The van der Waals surface area contributed by atoms with Crippen molar-refractivity contribution in [2.24, 2.45) is 11.3 Å². The van der Waals surface area contributed by atoms with Crippen molar-refractivity contribution in [3.63, 3.8) is 0 Å². The third-order valence-electron chi connectivity index (χ3n) is 9.11. The molecular formula is C26H32F3N5O. The Balaban J connectivity index is 1.15. The molecule has 1 saturated heterocycles. The number of hydrogen-bond acceptors (Lipinski definition) is 4.